The molecule has 2 aliphatic heterocycles. The van der Waals surface area contributed by atoms with E-state index in [0.717, 1.165) is 31.4 Å². The highest BCUT2D eigenvalue weighted by molar-refractivity contribution is 5.55. The highest BCUT2D eigenvalue weighted by Crippen LogP contribution is 2.56. The molecule has 6 aliphatic rings. The summed E-state index contributed by atoms with van der Waals surface area (Å²) in [6.45, 7) is 3.16. The van der Waals surface area contributed by atoms with Gasteiger partial charge in [-0.2, -0.15) is 15.1 Å². The number of aliphatic hydroxyl groups is 1. The fraction of sp³-hybridized carbons (Fsp3) is 0.708. The summed E-state index contributed by atoms with van der Waals surface area (Å²) in [7, 11) is 0. The zero-order valence-corrected chi connectivity index (χ0v) is 19.4. The topological polar surface area (TPSA) is 126 Å². The maximum atomic E-state index is 11.0. The first kappa shape index (κ1) is 20.9. The van der Waals surface area contributed by atoms with Gasteiger partial charge in [0.2, 0.25) is 11.8 Å². The van der Waals surface area contributed by atoms with Gasteiger partial charge in [0.25, 0.3) is 0 Å². The zero-order valence-electron chi connectivity index (χ0n) is 19.4. The molecule has 4 bridgehead atoms. The molecule has 182 valence electrons. The van der Waals surface area contributed by atoms with Crippen LogP contribution >= 0.6 is 0 Å². The van der Waals surface area contributed by atoms with Gasteiger partial charge in [-0.15, -0.1) is 0 Å². The Bertz CT molecular complexity index is 1060. The number of ether oxygens (including phenoxy) is 3. The Hall–Kier alpha value is -2.43. The first-order valence-corrected chi connectivity index (χ1v) is 12.6. The maximum Gasteiger partial charge on any atom is 0.228 e. The molecule has 0 aromatic carbocycles. The molecule has 34 heavy (non-hydrogen) atoms. The summed E-state index contributed by atoms with van der Waals surface area (Å²) in [5.41, 5.74) is 0.501. The second kappa shape index (κ2) is 7.79. The van der Waals surface area contributed by atoms with Crippen LogP contribution in [0.2, 0.25) is 0 Å². The molecule has 4 N–H and O–H groups in total. The van der Waals surface area contributed by atoms with Crippen LogP contribution in [0, 0.1) is 30.6 Å². The van der Waals surface area contributed by atoms with Crippen molar-refractivity contribution in [3.8, 4) is 5.88 Å². The first-order valence-electron chi connectivity index (χ1n) is 12.6. The van der Waals surface area contributed by atoms with Crippen LogP contribution in [0.1, 0.15) is 44.2 Å². The molecule has 6 fully saturated rings. The molecule has 10 nitrogen and oxygen atoms in total. The van der Waals surface area contributed by atoms with Crippen molar-refractivity contribution in [2.24, 2.45) is 23.7 Å². The van der Waals surface area contributed by atoms with Crippen molar-refractivity contribution in [1.82, 2.24) is 20.2 Å². The number of rotatable bonds is 6. The lowest BCUT2D eigenvalue weighted by Crippen LogP contribution is -2.59. The SMILES string of the molecule is Cc1cc(Nc2cc(O[C@@H]3CO[C@@H]4OCC[C@@H]43)nc(NC3C4CC5CC3CC(O)(C5)C4)n2)n[nH]1. The first-order chi connectivity index (χ1) is 16.5. The van der Waals surface area contributed by atoms with Gasteiger partial charge < -0.3 is 30.0 Å². The molecular weight excluding hydrogens is 436 g/mol. The highest BCUT2D eigenvalue weighted by atomic mass is 16.7. The molecular formula is C24H32N6O4. The highest BCUT2D eigenvalue weighted by Gasteiger charge is 2.55. The van der Waals surface area contributed by atoms with Crippen LogP contribution < -0.4 is 15.4 Å². The molecule has 0 spiro atoms. The van der Waals surface area contributed by atoms with E-state index >= 15 is 0 Å². The maximum absolute atomic E-state index is 11.0. The number of nitrogens with zero attached hydrogens (tertiary/aromatic N) is 3. The van der Waals surface area contributed by atoms with Crippen molar-refractivity contribution in [3.05, 3.63) is 17.8 Å². The number of fused-ring (bicyclic) bond motifs is 1. The van der Waals surface area contributed by atoms with E-state index in [9.17, 15) is 5.11 Å². The fourth-order valence-electron chi connectivity index (χ4n) is 7.30. The zero-order chi connectivity index (χ0) is 22.9. The molecule has 2 aromatic rings. The Labute approximate surface area is 198 Å². The van der Waals surface area contributed by atoms with E-state index in [1.807, 2.05) is 19.1 Å². The number of H-pyrrole nitrogens is 1. The van der Waals surface area contributed by atoms with Crippen LogP contribution in [0.25, 0.3) is 0 Å². The summed E-state index contributed by atoms with van der Waals surface area (Å²) in [5, 5.41) is 25.1. The number of aromatic amines is 1. The number of aryl methyl sites for hydroxylation is 1. The van der Waals surface area contributed by atoms with Crippen LogP contribution in [0.15, 0.2) is 12.1 Å². The molecule has 10 heteroatoms. The summed E-state index contributed by atoms with van der Waals surface area (Å²) >= 11 is 0. The second-order valence-electron chi connectivity index (χ2n) is 11.0. The predicted octanol–water partition coefficient (Wildman–Crippen LogP) is 2.74. The third-order valence-corrected chi connectivity index (χ3v) is 8.46. The Balaban J connectivity index is 1.15. The molecule has 0 radical (unpaired) electrons. The van der Waals surface area contributed by atoms with Gasteiger partial charge in [0.05, 0.1) is 24.7 Å². The normalized spacial score (nSPS) is 39.9. The standard InChI is InChI=1S/C24H32N6O4/c1-12-4-19(30-29-12)25-18-7-20(34-17-11-33-22-16(17)2-3-32-22)27-23(26-18)28-21-14-5-13-6-15(21)10-24(31,8-13)9-14/h4,7,13-17,21-22,31H,2-3,5-6,8-11H2,1H3,(H3,25,26,27,28,29,30)/t13?,14?,15?,16-,17-,21?,22+,24?/m1/s1. The van der Waals surface area contributed by atoms with E-state index in [0.29, 0.717) is 54.4 Å². The smallest absolute Gasteiger partial charge is 0.228 e. The number of anilines is 3. The quantitative estimate of drug-likeness (QED) is 0.506. The molecule has 4 aliphatic carbocycles. The van der Waals surface area contributed by atoms with Gasteiger partial charge in [0, 0.05) is 23.9 Å². The largest absolute Gasteiger partial charge is 0.471 e. The fourth-order valence-corrected chi connectivity index (χ4v) is 7.30. The molecule has 4 saturated carbocycles. The van der Waals surface area contributed by atoms with E-state index in [2.05, 4.69) is 20.8 Å². The second-order valence-corrected chi connectivity index (χ2v) is 11.0. The van der Waals surface area contributed by atoms with Gasteiger partial charge in [0.1, 0.15) is 11.9 Å². The Morgan fingerprint density at radius 2 is 1.97 bits per heavy atom. The van der Waals surface area contributed by atoms with E-state index in [4.69, 9.17) is 24.2 Å². The van der Waals surface area contributed by atoms with Crippen molar-refractivity contribution in [2.45, 2.75) is 69.5 Å². The van der Waals surface area contributed by atoms with Crippen molar-refractivity contribution in [1.29, 1.82) is 0 Å². The van der Waals surface area contributed by atoms with E-state index in [1.54, 1.807) is 0 Å². The Kier molecular flexibility index (Phi) is 4.79. The van der Waals surface area contributed by atoms with Gasteiger partial charge in [-0.25, -0.2) is 0 Å². The predicted molar refractivity (Wildman–Crippen MR) is 123 cm³/mol. The van der Waals surface area contributed by atoms with Gasteiger partial charge in [-0.1, -0.05) is 0 Å². The van der Waals surface area contributed by atoms with Crippen molar-refractivity contribution in [3.63, 3.8) is 0 Å². The average molecular weight is 469 g/mol. The van der Waals surface area contributed by atoms with E-state index in [-0.39, 0.29) is 24.4 Å². The summed E-state index contributed by atoms with van der Waals surface area (Å²) in [4.78, 5) is 9.52. The minimum absolute atomic E-state index is 0.0915. The molecule has 2 aromatic heterocycles. The van der Waals surface area contributed by atoms with Crippen molar-refractivity contribution in [2.75, 3.05) is 23.8 Å². The van der Waals surface area contributed by atoms with Crippen LogP contribution in [0.3, 0.4) is 0 Å². The van der Waals surface area contributed by atoms with E-state index in [1.165, 1.54) is 12.8 Å². The summed E-state index contributed by atoms with van der Waals surface area (Å²) in [5.74, 6) is 4.16. The molecule has 2 unspecified atom stereocenters. The summed E-state index contributed by atoms with van der Waals surface area (Å²) in [6.07, 6.45) is 5.72. The Morgan fingerprint density at radius 3 is 2.74 bits per heavy atom. The minimum Gasteiger partial charge on any atom is -0.471 e. The van der Waals surface area contributed by atoms with Gasteiger partial charge >= 0.3 is 0 Å². The minimum atomic E-state index is -0.465. The molecule has 8 rings (SSSR count). The van der Waals surface area contributed by atoms with Crippen LogP contribution in [-0.2, 0) is 9.47 Å². The molecule has 0 amide bonds. The lowest BCUT2D eigenvalue weighted by molar-refractivity contribution is -0.129. The third-order valence-electron chi connectivity index (χ3n) is 8.46. The monoisotopic (exact) mass is 468 g/mol. The van der Waals surface area contributed by atoms with E-state index < -0.39 is 5.60 Å². The molecule has 4 heterocycles. The summed E-state index contributed by atoms with van der Waals surface area (Å²) < 4.78 is 17.7. The lowest BCUT2D eigenvalue weighted by atomic mass is 9.52. The van der Waals surface area contributed by atoms with Crippen molar-refractivity contribution >= 4 is 17.6 Å². The van der Waals surface area contributed by atoms with Gasteiger partial charge in [-0.05, 0) is 63.2 Å². The number of hydrogen-bond donors (Lipinski definition) is 4. The summed E-state index contributed by atoms with van der Waals surface area (Å²) in [6, 6.07) is 4.02. The van der Waals surface area contributed by atoms with Crippen LogP contribution in [0.5, 0.6) is 5.88 Å². The van der Waals surface area contributed by atoms with Gasteiger partial charge in [0.15, 0.2) is 12.1 Å². The van der Waals surface area contributed by atoms with Crippen LogP contribution in [-0.4, -0.2) is 62.5 Å². The molecule has 5 atom stereocenters. The number of nitrogens with one attached hydrogen (secondary N) is 3. The van der Waals surface area contributed by atoms with Crippen molar-refractivity contribution < 1.29 is 19.3 Å². The molecule has 2 saturated heterocycles. The van der Waals surface area contributed by atoms with Crippen LogP contribution in [0.4, 0.5) is 17.6 Å². The Morgan fingerprint density at radius 1 is 1.12 bits per heavy atom. The number of aromatic nitrogens is 4. The third kappa shape index (κ3) is 3.72. The lowest BCUT2D eigenvalue weighted by Gasteiger charge is -2.58. The number of hydrogen-bond acceptors (Lipinski definition) is 9. The average Bonchev–Trinajstić information content (AvgIpc) is 3.49. The van der Waals surface area contributed by atoms with Gasteiger partial charge in [-0.3, -0.25) is 5.10 Å².